The van der Waals surface area contributed by atoms with Crippen molar-refractivity contribution in [1.82, 2.24) is 52.1 Å². The van der Waals surface area contributed by atoms with Crippen molar-refractivity contribution in [2.45, 2.75) is 173 Å². The zero-order valence-electron chi connectivity index (χ0n) is 56.6. The monoisotopic (exact) mass is 1400 g/mol. The summed E-state index contributed by atoms with van der Waals surface area (Å²) in [7, 11) is 0. The quantitative estimate of drug-likeness (QED) is 0.0418. The van der Waals surface area contributed by atoms with Crippen LogP contribution >= 0.6 is 34.8 Å². The molecule has 2 aromatic heterocycles. The van der Waals surface area contributed by atoms with Gasteiger partial charge in [-0.25, -0.2) is 15.6 Å². The normalized spacial score (nSPS) is 25.0. The van der Waals surface area contributed by atoms with Crippen LogP contribution in [-0.4, -0.2) is 165 Å². The highest BCUT2D eigenvalue weighted by atomic mass is 35.6. The number of pyridine rings is 2. The number of carbonyl (C=O) groups excluding carboxylic acids is 9. The van der Waals surface area contributed by atoms with E-state index in [1.807, 2.05) is 80.6 Å². The molecule has 4 aromatic rings. The molecule has 25 nitrogen and oxygen atoms in total. The number of alkyl halides is 3. The van der Waals surface area contributed by atoms with Gasteiger partial charge >= 0.3 is 24.0 Å². The highest BCUT2D eigenvalue weighted by molar-refractivity contribution is 6.67. The van der Waals surface area contributed by atoms with Crippen LogP contribution in [0.4, 0.5) is 4.79 Å². The van der Waals surface area contributed by atoms with Gasteiger partial charge in [-0.15, -0.1) is 0 Å². The molecule has 10 atom stereocenters. The minimum Gasteiger partial charge on any atom is -0.460 e. The van der Waals surface area contributed by atoms with Gasteiger partial charge in [-0.3, -0.25) is 58.3 Å². The maximum atomic E-state index is 13.9. The van der Waals surface area contributed by atoms with E-state index >= 15 is 0 Å². The van der Waals surface area contributed by atoms with E-state index in [9.17, 15) is 43.2 Å². The van der Waals surface area contributed by atoms with Gasteiger partial charge in [0.15, 0.2) is 12.2 Å². The van der Waals surface area contributed by atoms with E-state index in [1.54, 1.807) is 73.6 Å². The number of halogens is 3. The van der Waals surface area contributed by atoms with E-state index in [4.69, 9.17) is 73.2 Å². The molecule has 28 heteroatoms. The second-order valence-corrected chi connectivity index (χ2v) is 29.5. The van der Waals surface area contributed by atoms with E-state index in [0.717, 1.165) is 27.4 Å². The Labute approximate surface area is 579 Å². The number of hydrogen-bond acceptors (Lipinski definition) is 19. The average Bonchev–Trinajstić information content (AvgIpc) is 0.880. The molecule has 526 valence electrons. The molecule has 6 amide bonds. The van der Waals surface area contributed by atoms with Gasteiger partial charge in [0.05, 0.1) is 47.7 Å². The molecule has 0 radical (unpaired) electrons. The van der Waals surface area contributed by atoms with E-state index in [-0.39, 0.29) is 43.5 Å². The third-order valence-corrected chi connectivity index (χ3v) is 17.4. The zero-order valence-corrected chi connectivity index (χ0v) is 58.9. The Morgan fingerprint density at radius 2 is 1.45 bits per heavy atom. The molecule has 0 saturated carbocycles. The summed E-state index contributed by atoms with van der Waals surface area (Å²) < 4.78 is 31.6. The Hall–Kier alpha value is -7.52. The average molecular weight is 1400 g/mol. The number of amides is 6. The van der Waals surface area contributed by atoms with E-state index in [0.29, 0.717) is 75.2 Å². The Morgan fingerprint density at radius 1 is 0.784 bits per heavy atom. The Kier molecular flexibility index (Phi) is 25.2. The van der Waals surface area contributed by atoms with Gasteiger partial charge in [0.2, 0.25) is 9.70 Å². The number of alkyl carbamates (subject to hydrolysis) is 1. The number of nitrogens with one attached hydrogen (secondary N) is 6. The van der Waals surface area contributed by atoms with Gasteiger partial charge in [0.25, 0.3) is 23.6 Å². The van der Waals surface area contributed by atoms with Crippen molar-refractivity contribution in [3.63, 3.8) is 0 Å². The fourth-order valence-corrected chi connectivity index (χ4v) is 11.6. The maximum absolute atomic E-state index is 13.9. The van der Waals surface area contributed by atoms with Crippen LogP contribution in [0.1, 0.15) is 149 Å². The largest absolute Gasteiger partial charge is 0.460 e. The molecule has 4 saturated heterocycles. The molecular weight excluding hydrogens is 1320 g/mol. The molecule has 0 aliphatic carbocycles. The van der Waals surface area contributed by atoms with Crippen molar-refractivity contribution in [2.75, 3.05) is 46.1 Å². The number of ether oxygens (including phenoxy) is 6. The van der Waals surface area contributed by atoms with Gasteiger partial charge in [0.1, 0.15) is 47.2 Å². The van der Waals surface area contributed by atoms with Crippen LogP contribution in [0.25, 0.3) is 34.0 Å². The van der Waals surface area contributed by atoms with Crippen molar-refractivity contribution in [2.24, 2.45) is 22.7 Å². The van der Waals surface area contributed by atoms with Gasteiger partial charge in [-0.2, -0.15) is 0 Å². The molecule has 9 rings (SSSR count). The summed E-state index contributed by atoms with van der Waals surface area (Å²) >= 11 is 17.0. The van der Waals surface area contributed by atoms with Crippen LogP contribution in [0.3, 0.4) is 0 Å². The Morgan fingerprint density at radius 3 is 2.12 bits per heavy atom. The maximum Gasteiger partial charge on any atom is 0.408 e. The van der Waals surface area contributed by atoms with Gasteiger partial charge in [0, 0.05) is 37.1 Å². The summed E-state index contributed by atoms with van der Waals surface area (Å²) in [4.78, 5) is 128. The van der Waals surface area contributed by atoms with Crippen LogP contribution in [0.5, 0.6) is 0 Å². The van der Waals surface area contributed by atoms with E-state index in [1.165, 1.54) is 16.9 Å². The number of rotatable bonds is 13. The summed E-state index contributed by atoms with van der Waals surface area (Å²) in [6.45, 7) is 20.3. The lowest BCUT2D eigenvalue weighted by molar-refractivity contribution is -0.167. The van der Waals surface area contributed by atoms with Crippen molar-refractivity contribution in [1.29, 1.82) is 0 Å². The summed E-state index contributed by atoms with van der Waals surface area (Å²) in [5, 5.41) is 15.7. The minimum atomic E-state index is -1.78. The number of aromatic nitrogens is 2. The van der Waals surface area contributed by atoms with Crippen molar-refractivity contribution in [3.8, 4) is 0 Å². The second kappa shape index (κ2) is 32.4. The molecule has 5 aliphatic heterocycles. The molecule has 97 heavy (non-hydrogen) atoms. The van der Waals surface area contributed by atoms with E-state index < -0.39 is 117 Å². The topological polar surface area (TPSA) is 313 Å². The first-order chi connectivity index (χ1) is 45.7. The number of cyclic esters (lactones) is 1. The molecule has 2 aromatic carbocycles. The van der Waals surface area contributed by atoms with Crippen LogP contribution in [-0.2, 0) is 66.8 Å². The lowest BCUT2D eigenvalue weighted by Crippen LogP contribution is -2.61. The number of carbonyl (C=O) groups is 9. The molecule has 4 fully saturated rings. The lowest BCUT2D eigenvalue weighted by Gasteiger charge is -2.35. The van der Waals surface area contributed by atoms with Crippen LogP contribution < -0.4 is 32.1 Å². The number of hydrogen-bond donors (Lipinski definition) is 6. The van der Waals surface area contributed by atoms with Crippen LogP contribution in [0, 0.1) is 22.7 Å². The van der Waals surface area contributed by atoms with Crippen LogP contribution in [0.2, 0.25) is 0 Å². The first-order valence-electron chi connectivity index (χ1n) is 32.8. The summed E-state index contributed by atoms with van der Waals surface area (Å²) in [6.07, 6.45) is 7.11. The van der Waals surface area contributed by atoms with Crippen LogP contribution in [0.15, 0.2) is 72.8 Å². The zero-order chi connectivity index (χ0) is 70.7. The smallest absolute Gasteiger partial charge is 0.408 e. The molecule has 7 heterocycles. The van der Waals surface area contributed by atoms with Crippen molar-refractivity contribution in [3.05, 3.63) is 95.3 Å². The minimum absolute atomic E-state index is 0.0549. The standard InChI is InChI=1S/C38H50Cl3N5O9.C31H39N5O6/c1-22(2)30(31(47)42-24(4)32(48)46-17-8-9-28(45-46)33(49)53-21-38(39,40)41)54-34(50)37(16-18-52-20-37)15-14-25-10-11-26-12-13-27(44-29(26)19-25)23(3)43-35(51)55-36(5,6)7;1-18(2)26-28(38)33-20(4)29(39)36-14-5-6-24(35-36)27(37)32-19(3)23-10-9-22-8-7-21(16-25(22)34-23)11-12-31(30(40)42-26)13-15-41-17-31/h10-15,19,22-24,28,30,45H,8-9,16-18,20-21H2,1-7H3,(H,42,47)(H,43,51);7-12,16,18-20,24,26,35H,5-6,13-15,17H2,1-4H3,(H,32,37)(H,33,38)/b15-14+;12-11+/t23-,24+,28+,30+,37?;19-,20+,24+,26+,31?/m11/s1. The number of benzene rings is 2. The van der Waals surface area contributed by atoms with Gasteiger partial charge in [-0.05, 0) is 134 Å². The second-order valence-electron chi connectivity index (χ2n) is 27.0. The SMILES string of the molecule is CC(C)[C@@H]1OC(=O)C2(/C=C/c3ccc4ccc(nc4c3)[C@@H](C)NC(=O)[C@@H]3CCCN(N3)C(=O)[C@H](C)NC1=O)CCOC2.CC(C)[C@H](OC(=O)C1(/C=C/c2ccc3ccc([C@@H](C)NC(=O)OC(C)(C)C)nc3c2)CCOC1)C(=O)N[C@@H](C)C(=O)N1CCC[C@@H](C(=O)OCC(Cl)(Cl)Cl)N1. The number of fused-ring (bicyclic) bond motifs is 5. The number of hydrazine groups is 2. The predicted molar refractivity (Wildman–Crippen MR) is 363 cm³/mol. The molecule has 5 aliphatic rings. The third kappa shape index (κ3) is 20.1. The Balaban J connectivity index is 0.000000256. The first kappa shape index (κ1) is 75.3. The van der Waals surface area contributed by atoms with Gasteiger partial charge in [-0.1, -0.05) is 123 Å². The molecule has 6 N–H and O–H groups in total. The molecule has 1 spiro atoms. The number of nitrogens with zero attached hydrogens (tertiary/aromatic N) is 4. The van der Waals surface area contributed by atoms with E-state index in [2.05, 4.69) is 32.1 Å². The summed E-state index contributed by atoms with van der Waals surface area (Å²) in [5.74, 6) is -4.98. The highest BCUT2D eigenvalue weighted by Crippen LogP contribution is 2.36. The Bertz CT molecular complexity index is 3620. The van der Waals surface area contributed by atoms with Crippen molar-refractivity contribution < 1.29 is 71.6 Å². The third-order valence-electron chi connectivity index (χ3n) is 17.1. The fraction of sp³-hybridized carbons (Fsp3) is 0.551. The molecular formula is C69H89Cl3N10O15. The highest BCUT2D eigenvalue weighted by Gasteiger charge is 2.46. The molecule has 2 unspecified atom stereocenters. The number of esters is 3. The summed E-state index contributed by atoms with van der Waals surface area (Å²) in [6, 6.07) is 14.9. The summed E-state index contributed by atoms with van der Waals surface area (Å²) in [5.41, 5.74) is 7.39. The van der Waals surface area contributed by atoms with Gasteiger partial charge < -0.3 is 49.7 Å². The fourth-order valence-electron chi connectivity index (χ4n) is 11.5. The first-order valence-corrected chi connectivity index (χ1v) is 33.9. The van der Waals surface area contributed by atoms with Crippen molar-refractivity contribution >= 4 is 122 Å². The lowest BCUT2D eigenvalue weighted by atomic mass is 9.86. The molecule has 5 bridgehead atoms. The predicted octanol–water partition coefficient (Wildman–Crippen LogP) is 8.14.